The summed E-state index contributed by atoms with van der Waals surface area (Å²) in [6, 6.07) is 9.23. The summed E-state index contributed by atoms with van der Waals surface area (Å²) in [5.41, 5.74) is 2.57. The van der Waals surface area contributed by atoms with E-state index >= 15 is 0 Å². The van der Waals surface area contributed by atoms with Crippen LogP contribution in [0.15, 0.2) is 24.3 Å². The monoisotopic (exact) mass is 226 g/mol. The minimum absolute atomic E-state index is 0.600. The highest BCUT2D eigenvalue weighted by Crippen LogP contribution is 2.14. The third-order valence-electron chi connectivity index (χ3n) is 3.17. The van der Waals surface area contributed by atoms with E-state index in [4.69, 9.17) is 11.6 Å². The molecule has 0 saturated heterocycles. The maximum Gasteiger partial charge on any atom is 0.104 e. The Labute approximate surface area is 98.3 Å². The van der Waals surface area contributed by atoms with E-state index in [2.05, 4.69) is 52.2 Å². The van der Waals surface area contributed by atoms with Crippen molar-refractivity contribution < 1.29 is 4.48 Å². The van der Waals surface area contributed by atoms with Crippen molar-refractivity contribution in [1.29, 1.82) is 0 Å². The molecule has 15 heavy (non-hydrogen) atoms. The molecular weight excluding hydrogens is 206 g/mol. The van der Waals surface area contributed by atoms with Crippen molar-refractivity contribution in [3.63, 3.8) is 0 Å². The number of hydrogen-bond acceptors (Lipinski definition) is 0. The molecule has 0 aliphatic heterocycles. The van der Waals surface area contributed by atoms with Crippen molar-refractivity contribution in [2.24, 2.45) is 0 Å². The van der Waals surface area contributed by atoms with Gasteiger partial charge in [-0.1, -0.05) is 24.3 Å². The summed E-state index contributed by atoms with van der Waals surface area (Å²) in [5, 5.41) is 0. The number of nitrogens with zero attached hydrogens (tertiary/aromatic N) is 1. The molecule has 1 aromatic carbocycles. The standard InChI is InChI=1S/C13H21ClN/c1-11(2)15(3,4)10-13-7-5-12(9-14)6-8-13/h5-8,11H,9-10H2,1-4H3/q+1. The molecule has 0 radical (unpaired) electrons. The van der Waals surface area contributed by atoms with E-state index < -0.39 is 0 Å². The highest BCUT2D eigenvalue weighted by atomic mass is 35.5. The van der Waals surface area contributed by atoms with Crippen LogP contribution in [0, 0.1) is 0 Å². The molecule has 0 unspecified atom stereocenters. The lowest BCUT2D eigenvalue weighted by Crippen LogP contribution is -2.44. The van der Waals surface area contributed by atoms with Crippen LogP contribution in [0.3, 0.4) is 0 Å². The quantitative estimate of drug-likeness (QED) is 0.545. The van der Waals surface area contributed by atoms with E-state index in [-0.39, 0.29) is 0 Å². The van der Waals surface area contributed by atoms with Gasteiger partial charge in [-0.05, 0) is 19.4 Å². The Morgan fingerprint density at radius 2 is 1.53 bits per heavy atom. The Balaban J connectivity index is 2.73. The Kier molecular flexibility index (Phi) is 4.18. The van der Waals surface area contributed by atoms with Gasteiger partial charge >= 0.3 is 0 Å². The summed E-state index contributed by atoms with van der Waals surface area (Å²) >= 11 is 5.76. The Hall–Kier alpha value is -0.530. The van der Waals surface area contributed by atoms with E-state index in [0.29, 0.717) is 11.9 Å². The van der Waals surface area contributed by atoms with Crippen molar-refractivity contribution in [2.75, 3.05) is 14.1 Å². The van der Waals surface area contributed by atoms with Crippen LogP contribution in [0.4, 0.5) is 0 Å². The van der Waals surface area contributed by atoms with E-state index in [0.717, 1.165) is 11.0 Å². The number of rotatable bonds is 4. The fraction of sp³-hybridized carbons (Fsp3) is 0.538. The molecule has 0 aromatic heterocycles. The van der Waals surface area contributed by atoms with Crippen LogP contribution >= 0.6 is 11.6 Å². The fourth-order valence-corrected chi connectivity index (χ4v) is 1.57. The molecule has 1 rings (SSSR count). The predicted octanol–water partition coefficient (Wildman–Crippen LogP) is 3.41. The third kappa shape index (κ3) is 3.51. The van der Waals surface area contributed by atoms with Crippen LogP contribution in [0.5, 0.6) is 0 Å². The number of halogens is 1. The minimum Gasteiger partial charge on any atom is -0.323 e. The molecule has 1 aromatic rings. The van der Waals surface area contributed by atoms with E-state index in [1.165, 1.54) is 11.1 Å². The second kappa shape index (κ2) is 5.00. The molecule has 0 atom stereocenters. The molecular formula is C13H21ClN+. The second-order valence-electron chi connectivity index (χ2n) is 4.98. The lowest BCUT2D eigenvalue weighted by Gasteiger charge is -2.34. The number of benzene rings is 1. The molecule has 0 heterocycles. The van der Waals surface area contributed by atoms with Gasteiger partial charge in [-0.25, -0.2) is 0 Å². The molecule has 0 spiro atoms. The summed E-state index contributed by atoms with van der Waals surface area (Å²) < 4.78 is 1.01. The summed E-state index contributed by atoms with van der Waals surface area (Å²) in [6.45, 7) is 5.58. The Morgan fingerprint density at radius 3 is 1.93 bits per heavy atom. The van der Waals surface area contributed by atoms with Crippen LogP contribution in [-0.2, 0) is 12.4 Å². The van der Waals surface area contributed by atoms with Gasteiger partial charge in [-0.15, -0.1) is 11.6 Å². The van der Waals surface area contributed by atoms with Gasteiger partial charge in [0.05, 0.1) is 20.1 Å². The zero-order valence-corrected chi connectivity index (χ0v) is 10.9. The van der Waals surface area contributed by atoms with Gasteiger partial charge in [-0.2, -0.15) is 0 Å². The molecule has 0 aliphatic rings. The van der Waals surface area contributed by atoms with Gasteiger partial charge in [0.25, 0.3) is 0 Å². The maximum atomic E-state index is 5.76. The molecule has 0 amide bonds. The Morgan fingerprint density at radius 1 is 1.07 bits per heavy atom. The molecule has 2 heteroatoms. The zero-order valence-electron chi connectivity index (χ0n) is 10.1. The smallest absolute Gasteiger partial charge is 0.104 e. The molecule has 1 nitrogen and oxygen atoms in total. The van der Waals surface area contributed by atoms with Crippen LogP contribution < -0.4 is 0 Å². The third-order valence-corrected chi connectivity index (χ3v) is 3.47. The molecule has 0 bridgehead atoms. The Bertz CT molecular complexity index is 301. The highest BCUT2D eigenvalue weighted by molar-refractivity contribution is 6.17. The minimum atomic E-state index is 0.600. The predicted molar refractivity (Wildman–Crippen MR) is 66.9 cm³/mol. The van der Waals surface area contributed by atoms with Crippen molar-refractivity contribution >= 4 is 11.6 Å². The van der Waals surface area contributed by atoms with Crippen LogP contribution in [0.25, 0.3) is 0 Å². The van der Waals surface area contributed by atoms with Gasteiger partial charge in [0.15, 0.2) is 0 Å². The highest BCUT2D eigenvalue weighted by Gasteiger charge is 2.19. The molecule has 0 saturated carbocycles. The van der Waals surface area contributed by atoms with Crippen LogP contribution in [0.1, 0.15) is 25.0 Å². The van der Waals surface area contributed by atoms with Gasteiger partial charge in [0, 0.05) is 11.4 Å². The van der Waals surface area contributed by atoms with Crippen LogP contribution in [-0.4, -0.2) is 24.6 Å². The second-order valence-corrected chi connectivity index (χ2v) is 5.25. The average molecular weight is 227 g/mol. The van der Waals surface area contributed by atoms with E-state index in [1.54, 1.807) is 0 Å². The number of hydrogen-bond donors (Lipinski definition) is 0. The average Bonchev–Trinajstić information content (AvgIpc) is 2.18. The number of quaternary nitrogens is 1. The molecule has 0 fully saturated rings. The van der Waals surface area contributed by atoms with Gasteiger partial charge in [-0.3, -0.25) is 0 Å². The summed E-state index contributed by atoms with van der Waals surface area (Å²) in [5.74, 6) is 0.600. The first-order valence-electron chi connectivity index (χ1n) is 5.42. The largest absolute Gasteiger partial charge is 0.323 e. The van der Waals surface area contributed by atoms with Crippen molar-refractivity contribution in [3.05, 3.63) is 35.4 Å². The van der Waals surface area contributed by atoms with Gasteiger partial charge < -0.3 is 4.48 Å². The summed E-state index contributed by atoms with van der Waals surface area (Å²) in [4.78, 5) is 0. The number of alkyl halides is 1. The van der Waals surface area contributed by atoms with Gasteiger partial charge in [0.2, 0.25) is 0 Å². The first-order chi connectivity index (χ1) is 6.95. The molecule has 0 N–H and O–H groups in total. The first-order valence-corrected chi connectivity index (χ1v) is 5.95. The lowest BCUT2D eigenvalue weighted by molar-refractivity contribution is -0.924. The summed E-state index contributed by atoms with van der Waals surface area (Å²) in [6.07, 6.45) is 0. The lowest BCUT2D eigenvalue weighted by atomic mass is 10.1. The SMILES string of the molecule is CC(C)[N+](C)(C)Cc1ccc(CCl)cc1. The first kappa shape index (κ1) is 12.5. The zero-order chi connectivity index (χ0) is 11.5. The molecule has 0 aliphatic carbocycles. The fourth-order valence-electron chi connectivity index (χ4n) is 1.39. The van der Waals surface area contributed by atoms with Crippen molar-refractivity contribution in [2.45, 2.75) is 32.3 Å². The molecule has 84 valence electrons. The summed E-state index contributed by atoms with van der Waals surface area (Å²) in [7, 11) is 4.53. The van der Waals surface area contributed by atoms with Crippen LogP contribution in [0.2, 0.25) is 0 Å². The van der Waals surface area contributed by atoms with Gasteiger partial charge in [0.1, 0.15) is 6.54 Å². The normalized spacial score (nSPS) is 12.1. The van der Waals surface area contributed by atoms with Crippen molar-refractivity contribution in [1.82, 2.24) is 0 Å². The van der Waals surface area contributed by atoms with E-state index in [9.17, 15) is 0 Å². The topological polar surface area (TPSA) is 0 Å². The van der Waals surface area contributed by atoms with Crippen molar-refractivity contribution in [3.8, 4) is 0 Å². The maximum absolute atomic E-state index is 5.76. The van der Waals surface area contributed by atoms with E-state index in [1.807, 2.05) is 0 Å².